The van der Waals surface area contributed by atoms with E-state index in [1.165, 1.54) is 0 Å². The molecule has 0 unspecified atom stereocenters. The summed E-state index contributed by atoms with van der Waals surface area (Å²) in [5.74, 6) is 0. The maximum absolute atomic E-state index is 11.2. The van der Waals surface area contributed by atoms with Crippen LogP contribution in [-0.2, 0) is 10.2 Å². The van der Waals surface area contributed by atoms with E-state index in [0.29, 0.717) is 13.1 Å². The molecule has 0 aromatic heterocycles. The largest absolute Gasteiger partial charge is 0.313 e. The predicted molar refractivity (Wildman–Crippen MR) is 56.2 cm³/mol. The Kier molecular flexibility index (Phi) is 4.53. The first kappa shape index (κ1) is 11.6. The number of rotatable bonds is 5. The van der Waals surface area contributed by atoms with Crippen LogP contribution in [0.3, 0.4) is 0 Å². The summed E-state index contributed by atoms with van der Waals surface area (Å²) in [6.07, 6.45) is 2.94. The molecule has 0 saturated heterocycles. The van der Waals surface area contributed by atoms with E-state index in [9.17, 15) is 8.42 Å². The van der Waals surface area contributed by atoms with Crippen LogP contribution >= 0.6 is 0 Å². The molecule has 1 rings (SSSR count). The van der Waals surface area contributed by atoms with Crippen molar-refractivity contribution in [1.82, 2.24) is 14.8 Å². The van der Waals surface area contributed by atoms with E-state index >= 15 is 0 Å². The average molecular weight is 219 g/mol. The lowest BCUT2D eigenvalue weighted by molar-refractivity contribution is 0.569. The van der Waals surface area contributed by atoms with Gasteiger partial charge < -0.3 is 5.32 Å². The highest BCUT2D eigenvalue weighted by Crippen LogP contribution is 2.02. The van der Waals surface area contributed by atoms with Crippen LogP contribution in [-0.4, -0.2) is 34.6 Å². The van der Waals surface area contributed by atoms with Crippen molar-refractivity contribution in [2.45, 2.75) is 13.3 Å². The van der Waals surface area contributed by atoms with Crippen molar-refractivity contribution in [1.29, 1.82) is 0 Å². The van der Waals surface area contributed by atoms with Gasteiger partial charge in [0.05, 0.1) is 0 Å². The van der Waals surface area contributed by atoms with E-state index in [2.05, 4.69) is 14.8 Å². The van der Waals surface area contributed by atoms with E-state index < -0.39 is 10.2 Å². The smallest absolute Gasteiger partial charge is 0.277 e. The Bertz CT molecular complexity index is 298. The molecule has 0 spiro atoms. The molecule has 1 heterocycles. The summed E-state index contributed by atoms with van der Waals surface area (Å²) in [5.41, 5.74) is 1.14. The Morgan fingerprint density at radius 3 is 2.86 bits per heavy atom. The molecule has 0 saturated carbocycles. The van der Waals surface area contributed by atoms with Gasteiger partial charge in [0.1, 0.15) is 0 Å². The Hall–Kier alpha value is -0.430. The van der Waals surface area contributed by atoms with Crippen molar-refractivity contribution >= 4 is 10.2 Å². The van der Waals surface area contributed by atoms with E-state index in [1.54, 1.807) is 6.92 Å². The van der Waals surface area contributed by atoms with Crippen LogP contribution in [0.5, 0.6) is 0 Å². The zero-order valence-electron chi connectivity index (χ0n) is 8.34. The fourth-order valence-electron chi connectivity index (χ4n) is 1.26. The van der Waals surface area contributed by atoms with Crippen LogP contribution in [0.25, 0.3) is 0 Å². The normalized spacial score (nSPS) is 17.9. The first-order valence-corrected chi connectivity index (χ1v) is 6.25. The molecule has 1 aliphatic heterocycles. The molecule has 82 valence electrons. The standard InChI is InChI=1S/C8H17N3O2S/c1-2-10-14(12,13)11-7-8-3-5-9-6-4-8/h3,9-11H,2,4-7H2,1H3. The quantitative estimate of drug-likeness (QED) is 0.538. The summed E-state index contributed by atoms with van der Waals surface area (Å²) >= 11 is 0. The molecule has 0 amide bonds. The van der Waals surface area contributed by atoms with E-state index in [0.717, 1.165) is 25.1 Å². The second-order valence-electron chi connectivity index (χ2n) is 3.14. The fourth-order valence-corrected chi connectivity index (χ4v) is 2.12. The highest BCUT2D eigenvalue weighted by atomic mass is 32.2. The zero-order valence-corrected chi connectivity index (χ0v) is 9.15. The van der Waals surface area contributed by atoms with Crippen LogP contribution < -0.4 is 14.8 Å². The van der Waals surface area contributed by atoms with Gasteiger partial charge in [-0.15, -0.1) is 0 Å². The summed E-state index contributed by atoms with van der Waals surface area (Å²) in [5, 5.41) is 3.17. The maximum atomic E-state index is 11.2. The molecule has 6 heteroatoms. The lowest BCUT2D eigenvalue weighted by Gasteiger charge is -2.14. The summed E-state index contributed by atoms with van der Waals surface area (Å²) in [6, 6.07) is 0. The number of nitrogens with one attached hydrogen (secondary N) is 3. The summed E-state index contributed by atoms with van der Waals surface area (Å²) in [6.45, 7) is 4.34. The minimum atomic E-state index is -3.29. The third-order valence-electron chi connectivity index (χ3n) is 1.98. The van der Waals surface area contributed by atoms with Crippen molar-refractivity contribution in [3.63, 3.8) is 0 Å². The third-order valence-corrected chi connectivity index (χ3v) is 3.17. The van der Waals surface area contributed by atoms with Gasteiger partial charge in [-0.1, -0.05) is 18.6 Å². The van der Waals surface area contributed by atoms with Gasteiger partial charge in [-0.05, 0) is 13.0 Å². The molecular formula is C8H17N3O2S. The lowest BCUT2D eigenvalue weighted by atomic mass is 10.1. The van der Waals surface area contributed by atoms with Crippen LogP contribution in [0.15, 0.2) is 11.6 Å². The summed E-state index contributed by atoms with van der Waals surface area (Å²) < 4.78 is 27.3. The summed E-state index contributed by atoms with van der Waals surface area (Å²) in [7, 11) is -3.29. The third kappa shape index (κ3) is 4.19. The van der Waals surface area contributed by atoms with Gasteiger partial charge in [-0.3, -0.25) is 0 Å². The number of hydrogen-bond donors (Lipinski definition) is 3. The first-order valence-electron chi connectivity index (χ1n) is 4.77. The van der Waals surface area contributed by atoms with Gasteiger partial charge in [-0.2, -0.15) is 13.1 Å². The fraction of sp³-hybridized carbons (Fsp3) is 0.750. The van der Waals surface area contributed by atoms with E-state index in [-0.39, 0.29) is 0 Å². The second kappa shape index (κ2) is 5.45. The highest BCUT2D eigenvalue weighted by molar-refractivity contribution is 7.87. The van der Waals surface area contributed by atoms with Crippen LogP contribution in [0.1, 0.15) is 13.3 Å². The number of hydrogen-bond acceptors (Lipinski definition) is 3. The van der Waals surface area contributed by atoms with Crippen molar-refractivity contribution in [3.05, 3.63) is 11.6 Å². The van der Waals surface area contributed by atoms with Gasteiger partial charge in [0.2, 0.25) is 0 Å². The van der Waals surface area contributed by atoms with Gasteiger partial charge in [-0.25, -0.2) is 4.72 Å². The molecule has 14 heavy (non-hydrogen) atoms. The molecule has 0 bridgehead atoms. The van der Waals surface area contributed by atoms with Gasteiger partial charge in [0.15, 0.2) is 0 Å². The van der Waals surface area contributed by atoms with E-state index in [4.69, 9.17) is 0 Å². The monoisotopic (exact) mass is 219 g/mol. The highest BCUT2D eigenvalue weighted by Gasteiger charge is 2.09. The second-order valence-corrected chi connectivity index (χ2v) is 4.72. The lowest BCUT2D eigenvalue weighted by Crippen LogP contribution is -2.38. The molecule has 0 radical (unpaired) electrons. The Morgan fingerprint density at radius 2 is 2.29 bits per heavy atom. The zero-order chi connectivity index (χ0) is 10.4. The molecule has 0 aliphatic carbocycles. The summed E-state index contributed by atoms with van der Waals surface area (Å²) in [4.78, 5) is 0. The average Bonchev–Trinajstić information content (AvgIpc) is 2.17. The molecule has 0 atom stereocenters. The van der Waals surface area contributed by atoms with Crippen molar-refractivity contribution in [2.24, 2.45) is 0 Å². The van der Waals surface area contributed by atoms with Crippen LogP contribution in [0.4, 0.5) is 0 Å². The van der Waals surface area contributed by atoms with Crippen LogP contribution in [0.2, 0.25) is 0 Å². The Balaban J connectivity index is 2.35. The van der Waals surface area contributed by atoms with Gasteiger partial charge >= 0.3 is 0 Å². The first-order chi connectivity index (χ1) is 6.64. The molecule has 3 N–H and O–H groups in total. The van der Waals surface area contributed by atoms with Crippen LogP contribution in [0, 0.1) is 0 Å². The molecule has 1 aliphatic rings. The van der Waals surface area contributed by atoms with E-state index in [1.807, 2.05) is 6.08 Å². The molecule has 0 fully saturated rings. The predicted octanol–water partition coefficient (Wildman–Crippen LogP) is -0.650. The van der Waals surface area contributed by atoms with Gasteiger partial charge in [0.25, 0.3) is 10.2 Å². The van der Waals surface area contributed by atoms with Crippen molar-refractivity contribution in [2.75, 3.05) is 26.2 Å². The minimum Gasteiger partial charge on any atom is -0.313 e. The van der Waals surface area contributed by atoms with Crippen molar-refractivity contribution < 1.29 is 8.42 Å². The molecular weight excluding hydrogens is 202 g/mol. The molecule has 5 nitrogen and oxygen atoms in total. The molecule has 0 aromatic rings. The Morgan fingerprint density at radius 1 is 1.50 bits per heavy atom. The SMILES string of the molecule is CCNS(=O)(=O)NCC1=CCNCC1. The van der Waals surface area contributed by atoms with Crippen molar-refractivity contribution in [3.8, 4) is 0 Å². The maximum Gasteiger partial charge on any atom is 0.277 e. The Labute approximate surface area is 85.1 Å². The topological polar surface area (TPSA) is 70.2 Å². The molecule has 0 aromatic carbocycles. The van der Waals surface area contributed by atoms with Gasteiger partial charge in [0, 0.05) is 19.6 Å². The minimum absolute atomic E-state index is 0.413.